The highest BCUT2D eigenvalue weighted by Gasteiger charge is 2.19. The molecule has 1 aromatic heterocycles. The number of carboxylic acid groups (broad SMARTS) is 1. The predicted octanol–water partition coefficient (Wildman–Crippen LogP) is 3.04. The van der Waals surface area contributed by atoms with Gasteiger partial charge in [0.1, 0.15) is 5.58 Å². The number of furan rings is 1. The van der Waals surface area contributed by atoms with E-state index in [4.69, 9.17) is 14.3 Å². The van der Waals surface area contributed by atoms with Crippen LogP contribution in [0.3, 0.4) is 0 Å². The summed E-state index contributed by atoms with van der Waals surface area (Å²) in [6.45, 7) is 0.213. The molecular formula is C11H9BrO4. The van der Waals surface area contributed by atoms with Crippen LogP contribution >= 0.6 is 15.9 Å². The van der Waals surface area contributed by atoms with E-state index < -0.39 is 5.97 Å². The lowest BCUT2D eigenvalue weighted by molar-refractivity contribution is 0.0658. The molecule has 0 aliphatic carbocycles. The summed E-state index contributed by atoms with van der Waals surface area (Å²) in [4.78, 5) is 11.0. The van der Waals surface area contributed by atoms with E-state index in [1.165, 1.54) is 7.11 Å². The van der Waals surface area contributed by atoms with E-state index in [0.29, 0.717) is 11.1 Å². The lowest BCUT2D eigenvalue weighted by atomic mass is 10.1. The Balaban J connectivity index is 2.71. The first-order chi connectivity index (χ1) is 7.63. The van der Waals surface area contributed by atoms with Crippen molar-refractivity contribution in [2.24, 2.45) is 0 Å². The van der Waals surface area contributed by atoms with Crippen LogP contribution < -0.4 is 0 Å². The SMILES string of the molecule is COCc1c(C(=O)O)oc2ccc(Br)cc12. The molecule has 0 unspecified atom stereocenters. The predicted molar refractivity (Wildman–Crippen MR) is 61.6 cm³/mol. The van der Waals surface area contributed by atoms with Crippen LogP contribution in [0.2, 0.25) is 0 Å². The molecule has 0 fully saturated rings. The standard InChI is InChI=1S/C11H9BrO4/c1-15-5-8-7-4-6(12)2-3-9(7)16-10(8)11(13)14/h2-4H,5H2,1H3,(H,13,14). The minimum absolute atomic E-state index is 0.0602. The van der Waals surface area contributed by atoms with Crippen LogP contribution in [0.1, 0.15) is 16.1 Å². The normalized spacial score (nSPS) is 10.9. The zero-order valence-corrected chi connectivity index (χ0v) is 10.1. The van der Waals surface area contributed by atoms with E-state index in [1.54, 1.807) is 12.1 Å². The van der Waals surface area contributed by atoms with Gasteiger partial charge in [-0.05, 0) is 18.2 Å². The molecule has 16 heavy (non-hydrogen) atoms. The van der Waals surface area contributed by atoms with Gasteiger partial charge in [0, 0.05) is 22.5 Å². The van der Waals surface area contributed by atoms with E-state index in [-0.39, 0.29) is 12.4 Å². The van der Waals surface area contributed by atoms with Crippen molar-refractivity contribution >= 4 is 32.9 Å². The molecule has 0 atom stereocenters. The monoisotopic (exact) mass is 284 g/mol. The molecule has 0 aliphatic rings. The second-order valence-electron chi connectivity index (χ2n) is 3.29. The number of halogens is 1. The van der Waals surface area contributed by atoms with Gasteiger partial charge in [-0.3, -0.25) is 0 Å². The molecule has 84 valence electrons. The Morgan fingerprint density at radius 2 is 2.31 bits per heavy atom. The summed E-state index contributed by atoms with van der Waals surface area (Å²) in [5.41, 5.74) is 1.11. The highest BCUT2D eigenvalue weighted by atomic mass is 79.9. The zero-order valence-electron chi connectivity index (χ0n) is 8.49. The summed E-state index contributed by atoms with van der Waals surface area (Å²) in [5, 5.41) is 9.76. The first kappa shape index (κ1) is 11.2. The van der Waals surface area contributed by atoms with Crippen molar-refractivity contribution in [1.29, 1.82) is 0 Å². The smallest absolute Gasteiger partial charge is 0.372 e. The molecule has 0 aliphatic heterocycles. The molecule has 0 saturated carbocycles. The van der Waals surface area contributed by atoms with Crippen molar-refractivity contribution in [3.63, 3.8) is 0 Å². The van der Waals surface area contributed by atoms with Gasteiger partial charge in [-0.15, -0.1) is 0 Å². The summed E-state index contributed by atoms with van der Waals surface area (Å²) < 4.78 is 11.1. The molecule has 1 aromatic carbocycles. The topological polar surface area (TPSA) is 59.7 Å². The van der Waals surface area contributed by atoms with Crippen molar-refractivity contribution < 1.29 is 19.1 Å². The second-order valence-corrected chi connectivity index (χ2v) is 4.20. The third-order valence-electron chi connectivity index (χ3n) is 2.24. The van der Waals surface area contributed by atoms with E-state index in [2.05, 4.69) is 15.9 Å². The quantitative estimate of drug-likeness (QED) is 0.941. The first-order valence-corrected chi connectivity index (χ1v) is 5.36. The molecule has 1 N–H and O–H groups in total. The highest BCUT2D eigenvalue weighted by Crippen LogP contribution is 2.29. The van der Waals surface area contributed by atoms with Gasteiger partial charge in [0.25, 0.3) is 0 Å². The molecule has 0 spiro atoms. The zero-order chi connectivity index (χ0) is 11.7. The molecule has 4 nitrogen and oxygen atoms in total. The Hall–Kier alpha value is -1.33. The summed E-state index contributed by atoms with van der Waals surface area (Å²) in [6, 6.07) is 5.35. The van der Waals surface area contributed by atoms with Crippen LogP contribution in [0.25, 0.3) is 11.0 Å². The summed E-state index contributed by atoms with van der Waals surface area (Å²) in [7, 11) is 1.52. The number of fused-ring (bicyclic) bond motifs is 1. The number of benzene rings is 1. The third kappa shape index (κ3) is 1.83. The van der Waals surface area contributed by atoms with Crippen LogP contribution in [0.5, 0.6) is 0 Å². The fourth-order valence-corrected chi connectivity index (χ4v) is 1.94. The van der Waals surface area contributed by atoms with Crippen molar-refractivity contribution in [3.05, 3.63) is 34.0 Å². The van der Waals surface area contributed by atoms with Crippen LogP contribution in [0, 0.1) is 0 Å². The van der Waals surface area contributed by atoms with Gasteiger partial charge in [0.2, 0.25) is 5.76 Å². The lowest BCUT2D eigenvalue weighted by Crippen LogP contribution is -1.99. The molecule has 2 rings (SSSR count). The van der Waals surface area contributed by atoms with Gasteiger partial charge < -0.3 is 14.3 Å². The fourth-order valence-electron chi connectivity index (χ4n) is 1.58. The highest BCUT2D eigenvalue weighted by molar-refractivity contribution is 9.10. The maximum absolute atomic E-state index is 11.0. The molecule has 2 aromatic rings. The van der Waals surface area contributed by atoms with Crippen LogP contribution in [0.15, 0.2) is 27.1 Å². The number of carbonyl (C=O) groups is 1. The Kier molecular flexibility index (Phi) is 2.98. The number of ether oxygens (including phenoxy) is 1. The maximum Gasteiger partial charge on any atom is 0.372 e. The lowest BCUT2D eigenvalue weighted by Gasteiger charge is -1.97. The number of methoxy groups -OCH3 is 1. The summed E-state index contributed by atoms with van der Waals surface area (Å²) in [5.74, 6) is -1.14. The minimum atomic E-state index is -1.08. The van der Waals surface area contributed by atoms with Crippen LogP contribution in [-0.2, 0) is 11.3 Å². The molecule has 1 heterocycles. The van der Waals surface area contributed by atoms with Gasteiger partial charge >= 0.3 is 5.97 Å². The van der Waals surface area contributed by atoms with Gasteiger partial charge in [0.05, 0.1) is 6.61 Å². The maximum atomic E-state index is 11.0. The largest absolute Gasteiger partial charge is 0.475 e. The Labute approximate surface area is 99.9 Å². The van der Waals surface area contributed by atoms with Crippen molar-refractivity contribution in [3.8, 4) is 0 Å². The number of hydrogen-bond donors (Lipinski definition) is 1. The average Bonchev–Trinajstić information content (AvgIpc) is 2.58. The Morgan fingerprint density at radius 1 is 1.56 bits per heavy atom. The summed E-state index contributed by atoms with van der Waals surface area (Å²) >= 11 is 3.33. The van der Waals surface area contributed by atoms with Gasteiger partial charge in [-0.25, -0.2) is 4.79 Å². The first-order valence-electron chi connectivity index (χ1n) is 4.56. The number of rotatable bonds is 3. The Bertz CT molecular complexity index is 544. The number of hydrogen-bond acceptors (Lipinski definition) is 3. The van der Waals surface area contributed by atoms with E-state index in [0.717, 1.165) is 9.86 Å². The average molecular weight is 285 g/mol. The molecule has 0 saturated heterocycles. The van der Waals surface area contributed by atoms with E-state index in [9.17, 15) is 4.79 Å². The molecule has 0 radical (unpaired) electrons. The van der Waals surface area contributed by atoms with E-state index >= 15 is 0 Å². The second kappa shape index (κ2) is 4.27. The van der Waals surface area contributed by atoms with Gasteiger partial charge in [-0.2, -0.15) is 0 Å². The van der Waals surface area contributed by atoms with Crippen molar-refractivity contribution in [1.82, 2.24) is 0 Å². The van der Waals surface area contributed by atoms with Crippen molar-refractivity contribution in [2.75, 3.05) is 7.11 Å². The van der Waals surface area contributed by atoms with Crippen molar-refractivity contribution in [2.45, 2.75) is 6.61 Å². The molecule has 0 amide bonds. The van der Waals surface area contributed by atoms with Gasteiger partial charge in [0.15, 0.2) is 0 Å². The Morgan fingerprint density at radius 3 is 2.94 bits per heavy atom. The van der Waals surface area contributed by atoms with E-state index in [1.807, 2.05) is 6.07 Å². The minimum Gasteiger partial charge on any atom is -0.475 e. The third-order valence-corrected chi connectivity index (χ3v) is 2.73. The van der Waals surface area contributed by atoms with Gasteiger partial charge in [-0.1, -0.05) is 15.9 Å². The molecule has 0 bridgehead atoms. The van der Waals surface area contributed by atoms with Crippen LogP contribution in [0.4, 0.5) is 0 Å². The number of carboxylic acids is 1. The van der Waals surface area contributed by atoms with Crippen LogP contribution in [-0.4, -0.2) is 18.2 Å². The summed E-state index contributed by atoms with van der Waals surface area (Å²) in [6.07, 6.45) is 0. The molecular weight excluding hydrogens is 276 g/mol. The fraction of sp³-hybridized carbons (Fsp3) is 0.182. The number of aromatic carboxylic acids is 1. The molecule has 5 heteroatoms.